The first-order valence-electron chi connectivity index (χ1n) is 8.00. The summed E-state index contributed by atoms with van der Waals surface area (Å²) < 4.78 is 2.14. The maximum Gasteiger partial charge on any atom is 0.261 e. The molecule has 5 nitrogen and oxygen atoms in total. The van der Waals surface area contributed by atoms with Crippen molar-refractivity contribution in [3.63, 3.8) is 0 Å². The Balaban J connectivity index is 1.65. The molecule has 0 saturated heterocycles. The van der Waals surface area contributed by atoms with Gasteiger partial charge < -0.3 is 5.32 Å². The summed E-state index contributed by atoms with van der Waals surface area (Å²) in [5, 5.41) is 3.35. The molecule has 0 radical (unpaired) electrons. The smallest absolute Gasteiger partial charge is 0.261 e. The molecule has 0 aliphatic carbocycles. The molecule has 3 rings (SSSR count). The SMILES string of the molecule is Cc1ccccc1CCNC(=O)Cn1cnc2ccc(Br)cc2c1=O. The minimum atomic E-state index is -0.222. The van der Waals surface area contributed by atoms with Gasteiger partial charge in [-0.25, -0.2) is 4.98 Å². The second kappa shape index (κ2) is 7.61. The molecular formula is C19H18BrN3O2. The molecule has 6 heteroatoms. The van der Waals surface area contributed by atoms with Gasteiger partial charge in [-0.05, 0) is 42.7 Å². The van der Waals surface area contributed by atoms with E-state index in [1.807, 2.05) is 18.2 Å². The van der Waals surface area contributed by atoms with Gasteiger partial charge in [0.1, 0.15) is 6.54 Å². The fourth-order valence-electron chi connectivity index (χ4n) is 2.68. The molecule has 0 unspecified atom stereocenters. The van der Waals surface area contributed by atoms with Gasteiger partial charge in [0.15, 0.2) is 0 Å². The third kappa shape index (κ3) is 4.14. The van der Waals surface area contributed by atoms with Crippen molar-refractivity contribution in [3.8, 4) is 0 Å². The van der Waals surface area contributed by atoms with Crippen LogP contribution in [0, 0.1) is 6.92 Å². The van der Waals surface area contributed by atoms with E-state index < -0.39 is 0 Å². The highest BCUT2D eigenvalue weighted by Crippen LogP contribution is 2.14. The molecular weight excluding hydrogens is 382 g/mol. The number of hydrogen-bond donors (Lipinski definition) is 1. The monoisotopic (exact) mass is 399 g/mol. The molecule has 0 fully saturated rings. The number of aromatic nitrogens is 2. The Hall–Kier alpha value is -2.47. The maximum absolute atomic E-state index is 12.5. The van der Waals surface area contributed by atoms with Crippen LogP contribution < -0.4 is 10.9 Å². The summed E-state index contributed by atoms with van der Waals surface area (Å²) in [6, 6.07) is 13.4. The zero-order valence-electron chi connectivity index (χ0n) is 13.8. The Morgan fingerprint density at radius 2 is 2.04 bits per heavy atom. The number of hydrogen-bond acceptors (Lipinski definition) is 3. The summed E-state index contributed by atoms with van der Waals surface area (Å²) in [7, 11) is 0. The van der Waals surface area contributed by atoms with E-state index in [4.69, 9.17) is 0 Å². The van der Waals surface area contributed by atoms with Crippen LogP contribution in [0.2, 0.25) is 0 Å². The van der Waals surface area contributed by atoms with Gasteiger partial charge >= 0.3 is 0 Å². The number of carbonyl (C=O) groups excluding carboxylic acids is 1. The Bertz CT molecular complexity index is 982. The van der Waals surface area contributed by atoms with Gasteiger partial charge in [-0.1, -0.05) is 40.2 Å². The quantitative estimate of drug-likeness (QED) is 0.717. The summed E-state index contributed by atoms with van der Waals surface area (Å²) in [4.78, 5) is 28.9. The van der Waals surface area contributed by atoms with Crippen LogP contribution in [0.15, 0.2) is 58.1 Å². The standard InChI is InChI=1S/C19H18BrN3O2/c1-13-4-2-3-5-14(13)8-9-21-18(24)11-23-12-22-17-7-6-15(20)10-16(17)19(23)25/h2-7,10,12H,8-9,11H2,1H3,(H,21,24). The highest BCUT2D eigenvalue weighted by molar-refractivity contribution is 9.10. The van der Waals surface area contributed by atoms with E-state index in [0.29, 0.717) is 17.4 Å². The lowest BCUT2D eigenvalue weighted by molar-refractivity contribution is -0.121. The number of nitrogens with one attached hydrogen (secondary N) is 1. The molecule has 3 aromatic rings. The van der Waals surface area contributed by atoms with Crippen molar-refractivity contribution in [2.24, 2.45) is 0 Å². The Kier molecular flexibility index (Phi) is 5.28. The van der Waals surface area contributed by atoms with Crippen molar-refractivity contribution in [2.75, 3.05) is 6.54 Å². The summed E-state index contributed by atoms with van der Waals surface area (Å²) in [6.07, 6.45) is 2.18. The van der Waals surface area contributed by atoms with E-state index in [2.05, 4.69) is 45.3 Å². The third-order valence-corrected chi connectivity index (χ3v) is 4.57. The van der Waals surface area contributed by atoms with Crippen molar-refractivity contribution in [1.82, 2.24) is 14.9 Å². The van der Waals surface area contributed by atoms with Gasteiger partial charge in [-0.15, -0.1) is 0 Å². The lowest BCUT2D eigenvalue weighted by atomic mass is 10.1. The molecule has 0 atom stereocenters. The van der Waals surface area contributed by atoms with Gasteiger partial charge in [0.2, 0.25) is 5.91 Å². The Labute approximate surface area is 153 Å². The van der Waals surface area contributed by atoms with Crippen LogP contribution in [-0.4, -0.2) is 22.0 Å². The molecule has 0 saturated carbocycles. The normalized spacial score (nSPS) is 10.8. The summed E-state index contributed by atoms with van der Waals surface area (Å²) in [5.41, 5.74) is 2.80. The number of amides is 1. The van der Waals surface area contributed by atoms with Crippen molar-refractivity contribution < 1.29 is 4.79 Å². The predicted molar refractivity (Wildman–Crippen MR) is 102 cm³/mol. The second-order valence-corrected chi connectivity index (χ2v) is 6.78. The summed E-state index contributed by atoms with van der Waals surface area (Å²) >= 11 is 3.35. The zero-order chi connectivity index (χ0) is 17.8. The fourth-order valence-corrected chi connectivity index (χ4v) is 3.04. The fraction of sp³-hybridized carbons (Fsp3) is 0.211. The van der Waals surface area contributed by atoms with E-state index in [9.17, 15) is 9.59 Å². The average Bonchev–Trinajstić information content (AvgIpc) is 2.59. The minimum Gasteiger partial charge on any atom is -0.354 e. The first-order chi connectivity index (χ1) is 12.0. The molecule has 25 heavy (non-hydrogen) atoms. The molecule has 1 amide bonds. The van der Waals surface area contributed by atoms with Crippen molar-refractivity contribution in [3.05, 3.63) is 74.7 Å². The number of benzene rings is 2. The minimum absolute atomic E-state index is 0.0396. The molecule has 0 spiro atoms. The first-order valence-corrected chi connectivity index (χ1v) is 8.80. The van der Waals surface area contributed by atoms with Crippen LogP contribution >= 0.6 is 15.9 Å². The van der Waals surface area contributed by atoms with E-state index in [1.165, 1.54) is 22.0 Å². The number of halogens is 1. The lowest BCUT2D eigenvalue weighted by Crippen LogP contribution is -2.33. The number of rotatable bonds is 5. The van der Waals surface area contributed by atoms with Crippen LogP contribution in [0.4, 0.5) is 0 Å². The number of nitrogens with zero attached hydrogens (tertiary/aromatic N) is 2. The first kappa shape index (κ1) is 17.4. The van der Waals surface area contributed by atoms with Crippen molar-refractivity contribution >= 4 is 32.7 Å². The zero-order valence-corrected chi connectivity index (χ0v) is 15.4. The summed E-state index contributed by atoms with van der Waals surface area (Å²) in [5.74, 6) is -0.202. The van der Waals surface area contributed by atoms with E-state index in [1.54, 1.807) is 12.1 Å². The van der Waals surface area contributed by atoms with Gasteiger partial charge in [0, 0.05) is 11.0 Å². The topological polar surface area (TPSA) is 64.0 Å². The molecule has 128 valence electrons. The van der Waals surface area contributed by atoms with E-state index in [-0.39, 0.29) is 18.0 Å². The number of fused-ring (bicyclic) bond motifs is 1. The maximum atomic E-state index is 12.5. The molecule has 1 heterocycles. The highest BCUT2D eigenvalue weighted by Gasteiger charge is 2.08. The highest BCUT2D eigenvalue weighted by atomic mass is 79.9. The van der Waals surface area contributed by atoms with Crippen LogP contribution in [0.5, 0.6) is 0 Å². The summed E-state index contributed by atoms with van der Waals surface area (Å²) in [6.45, 7) is 2.54. The average molecular weight is 400 g/mol. The van der Waals surface area contributed by atoms with Gasteiger partial charge in [0.05, 0.1) is 17.2 Å². The third-order valence-electron chi connectivity index (χ3n) is 4.08. The molecule has 0 aliphatic heterocycles. The second-order valence-electron chi connectivity index (χ2n) is 5.87. The van der Waals surface area contributed by atoms with Crippen molar-refractivity contribution in [2.45, 2.75) is 19.9 Å². The molecule has 0 bridgehead atoms. The van der Waals surface area contributed by atoms with Crippen LogP contribution in [0.3, 0.4) is 0 Å². The number of carbonyl (C=O) groups is 1. The molecule has 2 aromatic carbocycles. The Morgan fingerprint density at radius 3 is 2.84 bits per heavy atom. The van der Waals surface area contributed by atoms with Crippen molar-refractivity contribution in [1.29, 1.82) is 0 Å². The van der Waals surface area contributed by atoms with E-state index in [0.717, 1.165) is 10.9 Å². The van der Waals surface area contributed by atoms with Gasteiger partial charge in [0.25, 0.3) is 5.56 Å². The van der Waals surface area contributed by atoms with Crippen LogP contribution in [0.25, 0.3) is 10.9 Å². The largest absolute Gasteiger partial charge is 0.354 e. The predicted octanol–water partition coefficient (Wildman–Crippen LogP) is 2.83. The van der Waals surface area contributed by atoms with Crippen LogP contribution in [0.1, 0.15) is 11.1 Å². The number of aryl methyl sites for hydroxylation is 1. The lowest BCUT2D eigenvalue weighted by Gasteiger charge is -2.09. The van der Waals surface area contributed by atoms with Gasteiger partial charge in [-0.2, -0.15) is 0 Å². The van der Waals surface area contributed by atoms with E-state index >= 15 is 0 Å². The Morgan fingerprint density at radius 1 is 1.24 bits per heavy atom. The molecule has 1 aromatic heterocycles. The molecule has 0 aliphatic rings. The molecule has 1 N–H and O–H groups in total. The van der Waals surface area contributed by atoms with Gasteiger partial charge in [-0.3, -0.25) is 14.2 Å². The van der Waals surface area contributed by atoms with Crippen LogP contribution in [-0.2, 0) is 17.8 Å².